The Morgan fingerprint density at radius 3 is 3.10 bits per heavy atom. The smallest absolute Gasteiger partial charge is 0.141 e. The van der Waals surface area contributed by atoms with E-state index in [1.54, 1.807) is 12.3 Å². The Morgan fingerprint density at radius 1 is 1.70 bits per heavy atom. The maximum absolute atomic E-state index is 8.42. The molecule has 0 unspecified atom stereocenters. The molecule has 0 amide bonds. The van der Waals surface area contributed by atoms with Crippen molar-refractivity contribution in [3.05, 3.63) is 30.3 Å². The zero-order valence-electron chi connectivity index (χ0n) is 5.24. The monoisotopic (exact) mass is 149 g/mol. The van der Waals surface area contributed by atoms with Gasteiger partial charge in [0.2, 0.25) is 0 Å². The van der Waals surface area contributed by atoms with Gasteiger partial charge in [-0.2, -0.15) is 5.26 Å². The van der Waals surface area contributed by atoms with E-state index in [9.17, 15) is 0 Å². The van der Waals surface area contributed by atoms with E-state index in [1.165, 1.54) is 11.8 Å². The number of thioether (sulfide) groups is 1. The fraction of sp³-hybridized carbons (Fsp3) is 0. The summed E-state index contributed by atoms with van der Waals surface area (Å²) in [5.74, 6) is 0. The molecule has 0 aromatic carbocycles. The molecular formula is C7H5N2S. The number of aromatic nitrogens is 1. The summed E-state index contributed by atoms with van der Waals surface area (Å²) in [6.45, 7) is 0. The van der Waals surface area contributed by atoms with Crippen LogP contribution in [0, 0.1) is 17.6 Å². The maximum Gasteiger partial charge on any atom is 0.141 e. The Balaban J connectivity index is 3.01. The minimum Gasteiger partial charge on any atom is -0.245 e. The Bertz CT molecular complexity index is 265. The van der Waals surface area contributed by atoms with Gasteiger partial charge in [-0.15, -0.1) is 11.8 Å². The molecule has 10 heavy (non-hydrogen) atoms. The Morgan fingerprint density at radius 2 is 2.50 bits per heavy atom. The van der Waals surface area contributed by atoms with Crippen LogP contribution >= 0.6 is 11.8 Å². The third kappa shape index (κ3) is 1.49. The van der Waals surface area contributed by atoms with E-state index in [0.717, 1.165) is 4.90 Å². The predicted octanol–water partition coefficient (Wildman–Crippen LogP) is 1.84. The van der Waals surface area contributed by atoms with Crippen LogP contribution in [0.2, 0.25) is 0 Å². The average Bonchev–Trinajstić information content (AvgIpc) is 2.05. The predicted molar refractivity (Wildman–Crippen MR) is 40.2 cm³/mol. The highest BCUT2D eigenvalue weighted by molar-refractivity contribution is 8.00. The zero-order valence-corrected chi connectivity index (χ0v) is 6.06. The van der Waals surface area contributed by atoms with E-state index in [-0.39, 0.29) is 0 Å². The first-order valence-corrected chi connectivity index (χ1v) is 3.63. The molecule has 0 saturated heterocycles. The summed E-state index contributed by atoms with van der Waals surface area (Å²) < 4.78 is 0. The summed E-state index contributed by atoms with van der Waals surface area (Å²) in [7, 11) is 0. The first-order chi connectivity index (χ1) is 4.86. The normalized spacial score (nSPS) is 8.80. The fourth-order valence-electron chi connectivity index (χ4n) is 0.562. The summed E-state index contributed by atoms with van der Waals surface area (Å²) in [6.07, 6.45) is 5.21. The molecule has 49 valence electrons. The lowest BCUT2D eigenvalue weighted by molar-refractivity contribution is 1.21. The number of nitrogens with zero attached hydrogens (tertiary/aromatic N) is 2. The SMILES string of the molecule is [CH2]Sc1ccnc(C#N)c1. The molecule has 3 heteroatoms. The van der Waals surface area contributed by atoms with Gasteiger partial charge >= 0.3 is 0 Å². The molecular weight excluding hydrogens is 144 g/mol. The molecule has 1 rings (SSSR count). The Hall–Kier alpha value is -1.01. The third-order valence-electron chi connectivity index (χ3n) is 1.01. The molecule has 0 bridgehead atoms. The molecule has 1 aromatic heterocycles. The van der Waals surface area contributed by atoms with Crippen molar-refractivity contribution >= 4 is 11.8 Å². The highest BCUT2D eigenvalue weighted by atomic mass is 32.2. The van der Waals surface area contributed by atoms with E-state index in [1.807, 2.05) is 12.1 Å². The zero-order chi connectivity index (χ0) is 7.40. The molecule has 2 nitrogen and oxygen atoms in total. The van der Waals surface area contributed by atoms with Gasteiger partial charge in [0.1, 0.15) is 11.8 Å². The number of hydrogen-bond acceptors (Lipinski definition) is 3. The van der Waals surface area contributed by atoms with Crippen LogP contribution in [0.15, 0.2) is 23.2 Å². The van der Waals surface area contributed by atoms with Crippen LogP contribution in [0.1, 0.15) is 5.69 Å². The van der Waals surface area contributed by atoms with Gasteiger partial charge in [0.15, 0.2) is 0 Å². The summed E-state index contributed by atoms with van der Waals surface area (Å²) in [4.78, 5) is 4.77. The molecule has 1 heterocycles. The van der Waals surface area contributed by atoms with Crippen LogP contribution in [-0.4, -0.2) is 4.98 Å². The largest absolute Gasteiger partial charge is 0.245 e. The van der Waals surface area contributed by atoms with E-state index < -0.39 is 0 Å². The summed E-state index contributed by atoms with van der Waals surface area (Å²) in [5.41, 5.74) is 0.439. The van der Waals surface area contributed by atoms with E-state index >= 15 is 0 Å². The topological polar surface area (TPSA) is 36.7 Å². The maximum atomic E-state index is 8.42. The van der Waals surface area contributed by atoms with Crippen LogP contribution in [0.5, 0.6) is 0 Å². The van der Waals surface area contributed by atoms with Gasteiger partial charge in [-0.1, -0.05) is 0 Å². The number of nitriles is 1. The van der Waals surface area contributed by atoms with Crippen LogP contribution < -0.4 is 0 Å². The second kappa shape index (κ2) is 3.23. The summed E-state index contributed by atoms with van der Waals surface area (Å²) >= 11 is 1.36. The van der Waals surface area contributed by atoms with E-state index in [0.29, 0.717) is 5.69 Å². The number of pyridine rings is 1. The van der Waals surface area contributed by atoms with Crippen LogP contribution in [0.25, 0.3) is 0 Å². The summed E-state index contributed by atoms with van der Waals surface area (Å²) in [6, 6.07) is 5.47. The van der Waals surface area contributed by atoms with Gasteiger partial charge in [-0.25, -0.2) is 4.98 Å². The molecule has 0 fully saturated rings. The molecule has 1 radical (unpaired) electrons. The van der Waals surface area contributed by atoms with Crippen molar-refractivity contribution in [2.24, 2.45) is 0 Å². The van der Waals surface area contributed by atoms with Crippen molar-refractivity contribution in [1.82, 2.24) is 4.98 Å². The van der Waals surface area contributed by atoms with Gasteiger partial charge in [-0.05, 0) is 12.1 Å². The van der Waals surface area contributed by atoms with Gasteiger partial charge in [-0.3, -0.25) is 0 Å². The second-order valence-corrected chi connectivity index (χ2v) is 2.39. The average molecular weight is 149 g/mol. The first-order valence-electron chi connectivity index (χ1n) is 2.65. The molecule has 1 aromatic rings. The van der Waals surface area contributed by atoms with Gasteiger partial charge in [0.05, 0.1) is 0 Å². The molecule has 0 saturated carbocycles. The molecule has 0 aliphatic carbocycles. The molecule has 0 aliphatic rings. The van der Waals surface area contributed by atoms with Crippen molar-refractivity contribution in [2.75, 3.05) is 0 Å². The Labute approximate surface area is 63.9 Å². The van der Waals surface area contributed by atoms with E-state index in [4.69, 9.17) is 5.26 Å². The van der Waals surface area contributed by atoms with Gasteiger partial charge in [0.25, 0.3) is 0 Å². The highest BCUT2D eigenvalue weighted by Gasteiger charge is 1.91. The third-order valence-corrected chi connectivity index (χ3v) is 1.60. The van der Waals surface area contributed by atoms with Crippen molar-refractivity contribution in [2.45, 2.75) is 4.90 Å². The number of rotatable bonds is 1. The van der Waals surface area contributed by atoms with Crippen molar-refractivity contribution in [1.29, 1.82) is 5.26 Å². The molecule has 0 N–H and O–H groups in total. The van der Waals surface area contributed by atoms with Crippen molar-refractivity contribution in [3.63, 3.8) is 0 Å². The molecule has 0 atom stereocenters. The standard InChI is InChI=1S/C7H5N2S/c1-10-7-2-3-9-6(4-7)5-8/h2-4H,1H2. The number of hydrogen-bond donors (Lipinski definition) is 0. The fourth-order valence-corrected chi connectivity index (χ4v) is 0.914. The van der Waals surface area contributed by atoms with Crippen LogP contribution in [0.3, 0.4) is 0 Å². The van der Waals surface area contributed by atoms with Crippen molar-refractivity contribution in [3.8, 4) is 6.07 Å². The van der Waals surface area contributed by atoms with Gasteiger partial charge < -0.3 is 0 Å². The minimum absolute atomic E-state index is 0.439. The highest BCUT2D eigenvalue weighted by Crippen LogP contribution is 2.14. The van der Waals surface area contributed by atoms with Crippen molar-refractivity contribution < 1.29 is 0 Å². The molecule has 0 spiro atoms. The van der Waals surface area contributed by atoms with E-state index in [2.05, 4.69) is 11.2 Å². The minimum atomic E-state index is 0.439. The lowest BCUT2D eigenvalue weighted by Crippen LogP contribution is -1.79. The lowest BCUT2D eigenvalue weighted by atomic mass is 10.4. The molecule has 0 aliphatic heterocycles. The van der Waals surface area contributed by atoms with Crippen LogP contribution in [-0.2, 0) is 0 Å². The lowest BCUT2D eigenvalue weighted by Gasteiger charge is -1.92. The Kier molecular flexibility index (Phi) is 2.30. The second-order valence-electron chi connectivity index (χ2n) is 1.63. The quantitative estimate of drug-likeness (QED) is 0.571. The first kappa shape index (κ1) is 7.10. The van der Waals surface area contributed by atoms with Gasteiger partial charge in [0, 0.05) is 17.3 Å². The van der Waals surface area contributed by atoms with Crippen LogP contribution in [0.4, 0.5) is 0 Å². The summed E-state index contributed by atoms with van der Waals surface area (Å²) in [5, 5.41) is 8.42.